The maximum Gasteiger partial charge on any atom is 0.330 e. The van der Waals surface area contributed by atoms with Gasteiger partial charge in [0.1, 0.15) is 11.6 Å². The molecule has 0 atom stereocenters. The number of rotatable bonds is 1. The Morgan fingerprint density at radius 3 is 3.12 bits per heavy atom. The van der Waals surface area contributed by atoms with Crippen LogP contribution in [0.4, 0.5) is 4.39 Å². The third-order valence-corrected chi connectivity index (χ3v) is 2.41. The second-order valence-corrected chi connectivity index (χ2v) is 3.43. The first-order chi connectivity index (χ1) is 7.70. The molecule has 84 valence electrons. The van der Waals surface area contributed by atoms with Gasteiger partial charge in [0.2, 0.25) is 0 Å². The van der Waals surface area contributed by atoms with E-state index in [2.05, 4.69) is 4.74 Å². The molecule has 0 fully saturated rings. The van der Waals surface area contributed by atoms with Crippen molar-refractivity contribution in [2.45, 2.75) is 6.42 Å². The summed E-state index contributed by atoms with van der Waals surface area (Å²) in [6, 6.07) is 4.26. The number of hydrogen-bond acceptors (Lipinski definition) is 3. The molecule has 0 radical (unpaired) electrons. The summed E-state index contributed by atoms with van der Waals surface area (Å²) in [7, 11) is 1.31. The van der Waals surface area contributed by atoms with Crippen LogP contribution in [0, 0.1) is 5.82 Å². The summed E-state index contributed by atoms with van der Waals surface area (Å²) in [4.78, 5) is 11.1. The second kappa shape index (κ2) is 4.35. The SMILES string of the molecule is COC(=O)/C=C1/CCOc2ccc(F)cc21. The second-order valence-electron chi connectivity index (χ2n) is 3.43. The molecule has 3 nitrogen and oxygen atoms in total. The first-order valence-electron chi connectivity index (χ1n) is 4.92. The highest BCUT2D eigenvalue weighted by Gasteiger charge is 2.17. The lowest BCUT2D eigenvalue weighted by Gasteiger charge is -2.19. The highest BCUT2D eigenvalue weighted by Crippen LogP contribution is 2.33. The zero-order valence-corrected chi connectivity index (χ0v) is 8.83. The molecule has 0 saturated carbocycles. The van der Waals surface area contributed by atoms with Crippen LogP contribution < -0.4 is 4.74 Å². The number of carbonyl (C=O) groups is 1. The van der Waals surface area contributed by atoms with Gasteiger partial charge < -0.3 is 9.47 Å². The molecule has 16 heavy (non-hydrogen) atoms. The van der Waals surface area contributed by atoms with Crippen LogP contribution in [0.15, 0.2) is 24.3 Å². The van der Waals surface area contributed by atoms with E-state index in [1.807, 2.05) is 0 Å². The summed E-state index contributed by atoms with van der Waals surface area (Å²) in [6.45, 7) is 0.488. The maximum atomic E-state index is 13.1. The van der Waals surface area contributed by atoms with Crippen molar-refractivity contribution in [1.29, 1.82) is 0 Å². The fraction of sp³-hybridized carbons (Fsp3) is 0.250. The Bertz CT molecular complexity index is 452. The van der Waals surface area contributed by atoms with Crippen molar-refractivity contribution >= 4 is 11.5 Å². The number of benzene rings is 1. The largest absolute Gasteiger partial charge is 0.493 e. The zero-order valence-electron chi connectivity index (χ0n) is 8.83. The minimum Gasteiger partial charge on any atom is -0.493 e. The van der Waals surface area contributed by atoms with Crippen LogP contribution in [0.1, 0.15) is 12.0 Å². The molecule has 2 rings (SSSR count). The van der Waals surface area contributed by atoms with Gasteiger partial charge in [-0.15, -0.1) is 0 Å². The minimum absolute atomic E-state index is 0.347. The van der Waals surface area contributed by atoms with E-state index in [4.69, 9.17) is 4.74 Å². The third-order valence-electron chi connectivity index (χ3n) is 2.41. The van der Waals surface area contributed by atoms with E-state index >= 15 is 0 Å². The number of carbonyl (C=O) groups excluding carboxylic acids is 1. The molecule has 0 spiro atoms. The fourth-order valence-electron chi connectivity index (χ4n) is 1.64. The Kier molecular flexibility index (Phi) is 2.90. The van der Waals surface area contributed by atoms with Crippen molar-refractivity contribution in [3.05, 3.63) is 35.7 Å². The average molecular weight is 222 g/mol. The first-order valence-corrected chi connectivity index (χ1v) is 4.92. The summed E-state index contributed by atoms with van der Waals surface area (Å²) in [5, 5.41) is 0. The Hall–Kier alpha value is -1.84. The summed E-state index contributed by atoms with van der Waals surface area (Å²) in [6.07, 6.45) is 1.95. The van der Waals surface area contributed by atoms with Crippen LogP contribution in [0.5, 0.6) is 5.75 Å². The van der Waals surface area contributed by atoms with E-state index < -0.39 is 5.97 Å². The summed E-state index contributed by atoms with van der Waals surface area (Å²) in [5.74, 6) is -0.185. The lowest BCUT2D eigenvalue weighted by molar-refractivity contribution is -0.134. The van der Waals surface area contributed by atoms with E-state index in [0.717, 1.165) is 5.57 Å². The van der Waals surface area contributed by atoms with Crippen molar-refractivity contribution in [2.24, 2.45) is 0 Å². The molecule has 1 aliphatic heterocycles. The van der Waals surface area contributed by atoms with Crippen molar-refractivity contribution in [2.75, 3.05) is 13.7 Å². The van der Waals surface area contributed by atoms with Gasteiger partial charge in [-0.25, -0.2) is 9.18 Å². The molecule has 1 aromatic rings. The number of hydrogen-bond donors (Lipinski definition) is 0. The maximum absolute atomic E-state index is 13.1. The Morgan fingerprint density at radius 1 is 1.56 bits per heavy atom. The van der Waals surface area contributed by atoms with Gasteiger partial charge in [0, 0.05) is 18.1 Å². The molecule has 1 aromatic carbocycles. The van der Waals surface area contributed by atoms with Gasteiger partial charge in [0.25, 0.3) is 0 Å². The van der Waals surface area contributed by atoms with Gasteiger partial charge in [-0.1, -0.05) is 0 Å². The van der Waals surface area contributed by atoms with Gasteiger partial charge in [0.15, 0.2) is 0 Å². The van der Waals surface area contributed by atoms with Gasteiger partial charge in [0.05, 0.1) is 13.7 Å². The molecule has 1 aliphatic rings. The van der Waals surface area contributed by atoms with Crippen molar-refractivity contribution in [3.63, 3.8) is 0 Å². The molecule has 0 amide bonds. The Balaban J connectivity index is 2.43. The average Bonchev–Trinajstić information content (AvgIpc) is 2.29. The van der Waals surface area contributed by atoms with Gasteiger partial charge in [-0.3, -0.25) is 0 Å². The number of methoxy groups -OCH3 is 1. The normalized spacial score (nSPS) is 16.5. The third kappa shape index (κ3) is 2.05. The standard InChI is InChI=1S/C12H11FO3/c1-15-12(14)6-8-4-5-16-11-3-2-9(13)7-10(8)11/h2-3,6-7H,4-5H2,1H3/b8-6-. The number of esters is 1. The predicted octanol–water partition coefficient (Wildman–Crippen LogP) is 2.16. The molecule has 1 heterocycles. The highest BCUT2D eigenvalue weighted by molar-refractivity contribution is 5.92. The minimum atomic E-state index is -0.438. The lowest BCUT2D eigenvalue weighted by Crippen LogP contribution is -2.09. The molecule has 4 heteroatoms. The summed E-state index contributed by atoms with van der Waals surface area (Å²) >= 11 is 0. The van der Waals surface area contributed by atoms with Crippen molar-refractivity contribution in [3.8, 4) is 5.75 Å². The van der Waals surface area contributed by atoms with Crippen molar-refractivity contribution < 1.29 is 18.7 Å². The molecule has 0 aromatic heterocycles. The Morgan fingerprint density at radius 2 is 2.38 bits per heavy atom. The summed E-state index contributed by atoms with van der Waals surface area (Å²) in [5.41, 5.74) is 1.37. The topological polar surface area (TPSA) is 35.5 Å². The first kappa shape index (κ1) is 10.7. The van der Waals surface area contributed by atoms with E-state index in [0.29, 0.717) is 24.3 Å². The quantitative estimate of drug-likeness (QED) is 0.539. The molecular weight excluding hydrogens is 211 g/mol. The van der Waals surface area contributed by atoms with E-state index in [1.165, 1.54) is 25.3 Å². The number of halogens is 1. The van der Waals surface area contributed by atoms with Crippen molar-refractivity contribution in [1.82, 2.24) is 0 Å². The highest BCUT2D eigenvalue weighted by atomic mass is 19.1. The van der Waals surface area contributed by atoms with Gasteiger partial charge in [-0.2, -0.15) is 0 Å². The smallest absolute Gasteiger partial charge is 0.330 e. The molecule has 0 saturated heterocycles. The van der Waals surface area contributed by atoms with Crippen LogP contribution >= 0.6 is 0 Å². The summed E-state index contributed by atoms with van der Waals surface area (Å²) < 4.78 is 23.0. The van der Waals surface area contributed by atoms with Crippen LogP contribution in [-0.2, 0) is 9.53 Å². The zero-order chi connectivity index (χ0) is 11.5. The van der Waals surface area contributed by atoms with Gasteiger partial charge >= 0.3 is 5.97 Å². The molecule has 0 bridgehead atoms. The monoisotopic (exact) mass is 222 g/mol. The van der Waals surface area contributed by atoms with Crippen LogP contribution in [-0.4, -0.2) is 19.7 Å². The van der Waals surface area contributed by atoms with Crippen LogP contribution in [0.3, 0.4) is 0 Å². The van der Waals surface area contributed by atoms with Crippen LogP contribution in [0.2, 0.25) is 0 Å². The molecule has 0 N–H and O–H groups in total. The number of ether oxygens (including phenoxy) is 2. The Labute approximate surface area is 92.5 Å². The van der Waals surface area contributed by atoms with Crippen LogP contribution in [0.25, 0.3) is 5.57 Å². The fourth-order valence-corrected chi connectivity index (χ4v) is 1.64. The molecule has 0 aliphatic carbocycles. The lowest BCUT2D eigenvalue weighted by atomic mass is 9.99. The van der Waals surface area contributed by atoms with E-state index in [9.17, 15) is 9.18 Å². The predicted molar refractivity (Wildman–Crippen MR) is 56.5 cm³/mol. The molecular formula is C12H11FO3. The van der Waals surface area contributed by atoms with E-state index in [1.54, 1.807) is 6.07 Å². The van der Waals surface area contributed by atoms with Gasteiger partial charge in [-0.05, 0) is 23.8 Å². The van der Waals surface area contributed by atoms with E-state index in [-0.39, 0.29) is 5.82 Å². The number of fused-ring (bicyclic) bond motifs is 1. The molecule has 0 unspecified atom stereocenters.